The summed E-state index contributed by atoms with van der Waals surface area (Å²) in [5, 5.41) is 8.92. The first-order valence-corrected chi connectivity index (χ1v) is 11.3. The predicted octanol–water partition coefficient (Wildman–Crippen LogP) is 5.10. The van der Waals surface area contributed by atoms with Gasteiger partial charge in [-0.3, -0.25) is 9.36 Å². The van der Waals surface area contributed by atoms with E-state index in [1.54, 1.807) is 4.90 Å². The first-order valence-electron chi connectivity index (χ1n) is 9.67. The Morgan fingerprint density at radius 1 is 1.10 bits per heavy atom. The maximum absolute atomic E-state index is 13.2. The van der Waals surface area contributed by atoms with Crippen LogP contribution in [-0.4, -0.2) is 32.3 Å². The summed E-state index contributed by atoms with van der Waals surface area (Å²) in [6, 6.07) is 17.9. The molecular formula is C22H25ClN4OS. The zero-order valence-electron chi connectivity index (χ0n) is 16.9. The molecule has 0 aliphatic carbocycles. The molecule has 1 unspecified atom stereocenters. The fourth-order valence-corrected chi connectivity index (χ4v) is 3.85. The average Bonchev–Trinajstić information content (AvgIpc) is 3.19. The lowest BCUT2D eigenvalue weighted by Crippen LogP contribution is -2.37. The summed E-state index contributed by atoms with van der Waals surface area (Å²) in [6.45, 7) is 4.29. The largest absolute Gasteiger partial charge is 0.303 e. The van der Waals surface area contributed by atoms with Crippen molar-refractivity contribution in [3.63, 3.8) is 0 Å². The van der Waals surface area contributed by atoms with Gasteiger partial charge in [-0.1, -0.05) is 62.0 Å². The van der Waals surface area contributed by atoms with Crippen LogP contribution in [0.2, 0.25) is 0 Å². The summed E-state index contributed by atoms with van der Waals surface area (Å²) in [4.78, 5) is 14.9. The van der Waals surface area contributed by atoms with E-state index in [0.717, 1.165) is 28.5 Å². The molecule has 0 saturated heterocycles. The number of thioether (sulfide) groups is 1. The van der Waals surface area contributed by atoms with Crippen LogP contribution in [0, 0.1) is 0 Å². The summed E-state index contributed by atoms with van der Waals surface area (Å²) in [5.74, 6) is 0.572. The second-order valence-electron chi connectivity index (χ2n) is 6.56. The number of hydrogen-bond donors (Lipinski definition) is 0. The number of aryl methyl sites for hydroxylation is 1. The number of amides is 1. The molecule has 1 amide bonds. The molecule has 0 spiro atoms. The quantitative estimate of drug-likeness (QED) is 0.370. The highest BCUT2D eigenvalue weighted by Crippen LogP contribution is 2.27. The lowest BCUT2D eigenvalue weighted by molar-refractivity contribution is -0.118. The van der Waals surface area contributed by atoms with E-state index in [9.17, 15) is 4.79 Å². The van der Waals surface area contributed by atoms with Crippen LogP contribution in [0.15, 0.2) is 59.8 Å². The molecule has 0 fully saturated rings. The van der Waals surface area contributed by atoms with Crippen molar-refractivity contribution in [1.29, 1.82) is 0 Å². The van der Waals surface area contributed by atoms with Gasteiger partial charge in [0, 0.05) is 11.4 Å². The average molecular weight is 429 g/mol. The number of carbonyl (C=O) groups is 1. The molecule has 152 valence electrons. The normalized spacial score (nSPS) is 12.0. The van der Waals surface area contributed by atoms with Crippen molar-refractivity contribution in [2.75, 3.05) is 11.2 Å². The zero-order valence-corrected chi connectivity index (χ0v) is 18.5. The van der Waals surface area contributed by atoms with Gasteiger partial charge in [0.1, 0.15) is 5.38 Å². The van der Waals surface area contributed by atoms with Gasteiger partial charge >= 0.3 is 0 Å². The van der Waals surface area contributed by atoms with Crippen LogP contribution in [0.3, 0.4) is 0 Å². The molecule has 2 aromatic carbocycles. The van der Waals surface area contributed by atoms with E-state index in [1.807, 2.05) is 72.3 Å². The van der Waals surface area contributed by atoms with E-state index in [0.29, 0.717) is 18.8 Å². The fourth-order valence-electron chi connectivity index (χ4n) is 3.21. The smallest absolute Gasteiger partial charge is 0.245 e. The molecule has 7 heteroatoms. The van der Waals surface area contributed by atoms with Crippen LogP contribution in [0.5, 0.6) is 0 Å². The molecule has 5 nitrogen and oxygen atoms in total. The van der Waals surface area contributed by atoms with Crippen molar-refractivity contribution in [1.82, 2.24) is 14.8 Å². The number of halogens is 1. The third-order valence-electron chi connectivity index (χ3n) is 4.75. The number of aromatic nitrogens is 3. The van der Waals surface area contributed by atoms with E-state index in [2.05, 4.69) is 17.1 Å². The maximum atomic E-state index is 13.2. The van der Waals surface area contributed by atoms with Gasteiger partial charge in [0.05, 0.1) is 6.54 Å². The van der Waals surface area contributed by atoms with Crippen LogP contribution in [-0.2, 0) is 17.8 Å². The molecule has 3 rings (SSSR count). The van der Waals surface area contributed by atoms with Crippen LogP contribution in [0.4, 0.5) is 5.69 Å². The van der Waals surface area contributed by atoms with Crippen molar-refractivity contribution in [3.05, 3.63) is 66.0 Å². The first kappa shape index (κ1) is 21.4. The van der Waals surface area contributed by atoms with Crippen LogP contribution in [0.25, 0.3) is 5.69 Å². The van der Waals surface area contributed by atoms with Crippen molar-refractivity contribution in [2.45, 2.75) is 43.8 Å². The van der Waals surface area contributed by atoms with Crippen LogP contribution < -0.4 is 4.90 Å². The minimum absolute atomic E-state index is 0.122. The monoisotopic (exact) mass is 428 g/mol. The summed E-state index contributed by atoms with van der Waals surface area (Å²) in [7, 11) is 0. The van der Waals surface area contributed by atoms with Gasteiger partial charge in [-0.25, -0.2) is 0 Å². The molecule has 1 atom stereocenters. The molecule has 29 heavy (non-hydrogen) atoms. The number of alkyl halides is 1. The Hall–Kier alpha value is -2.31. The lowest BCUT2D eigenvalue weighted by Gasteiger charge is -2.26. The van der Waals surface area contributed by atoms with Crippen molar-refractivity contribution in [2.24, 2.45) is 0 Å². The second-order valence-corrected chi connectivity index (χ2v) is 7.86. The molecule has 0 N–H and O–H groups in total. The van der Waals surface area contributed by atoms with E-state index in [1.165, 1.54) is 11.8 Å². The second kappa shape index (κ2) is 9.94. The zero-order chi connectivity index (χ0) is 20.8. The first-order chi connectivity index (χ1) is 14.1. The highest BCUT2D eigenvalue weighted by molar-refractivity contribution is 7.98. The molecule has 1 aromatic heterocycles. The maximum Gasteiger partial charge on any atom is 0.245 e. The van der Waals surface area contributed by atoms with Crippen molar-refractivity contribution >= 4 is 35.0 Å². The fraction of sp³-hybridized carbons (Fsp3) is 0.318. The molecule has 0 radical (unpaired) electrons. The van der Waals surface area contributed by atoms with Crippen molar-refractivity contribution < 1.29 is 4.79 Å². The Morgan fingerprint density at radius 3 is 2.45 bits per heavy atom. The molecule has 0 saturated carbocycles. The van der Waals surface area contributed by atoms with Gasteiger partial charge in [-0.15, -0.1) is 21.8 Å². The van der Waals surface area contributed by atoms with E-state index in [-0.39, 0.29) is 5.91 Å². The number of carbonyl (C=O) groups excluding carboxylic acids is 1. The summed E-state index contributed by atoms with van der Waals surface area (Å²) in [6.07, 6.45) is 3.35. The lowest BCUT2D eigenvalue weighted by atomic mass is 10.1. The van der Waals surface area contributed by atoms with E-state index in [4.69, 9.17) is 11.6 Å². The Balaban J connectivity index is 2.08. The van der Waals surface area contributed by atoms with Gasteiger partial charge in [0.2, 0.25) is 5.91 Å². The Bertz CT molecular complexity index is 960. The van der Waals surface area contributed by atoms with Crippen molar-refractivity contribution in [3.8, 4) is 5.69 Å². The Labute approximate surface area is 181 Å². The van der Waals surface area contributed by atoms with Gasteiger partial charge in [0.15, 0.2) is 11.0 Å². The van der Waals surface area contributed by atoms with E-state index < -0.39 is 5.38 Å². The molecule has 0 aliphatic rings. The predicted molar refractivity (Wildman–Crippen MR) is 120 cm³/mol. The third-order valence-corrected chi connectivity index (χ3v) is 5.88. The number of hydrogen-bond acceptors (Lipinski definition) is 4. The Morgan fingerprint density at radius 2 is 1.79 bits per heavy atom. The standard InChI is InChI=1S/C22H25ClN4OS/c1-4-16-11-9-10-14-19(16)26(21(28)18(23)5-2)15-20-24-25-22(29-3)27(20)17-12-7-6-8-13-17/h6-14,18H,4-5,15H2,1-3H3. The highest BCUT2D eigenvalue weighted by atomic mass is 35.5. The molecule has 1 heterocycles. The summed E-state index contributed by atoms with van der Waals surface area (Å²) < 4.78 is 1.99. The molecule has 3 aromatic rings. The topological polar surface area (TPSA) is 51.0 Å². The number of para-hydroxylation sites is 2. The van der Waals surface area contributed by atoms with Gasteiger partial charge < -0.3 is 4.90 Å². The van der Waals surface area contributed by atoms with Crippen LogP contribution >= 0.6 is 23.4 Å². The summed E-state index contributed by atoms with van der Waals surface area (Å²) in [5.41, 5.74) is 2.93. The minimum Gasteiger partial charge on any atom is -0.303 e. The van der Waals surface area contributed by atoms with Gasteiger partial charge in [-0.2, -0.15) is 0 Å². The highest BCUT2D eigenvalue weighted by Gasteiger charge is 2.26. The van der Waals surface area contributed by atoms with Gasteiger partial charge in [0.25, 0.3) is 0 Å². The van der Waals surface area contributed by atoms with Gasteiger partial charge in [-0.05, 0) is 42.9 Å². The number of rotatable bonds is 8. The molecule has 0 bridgehead atoms. The van der Waals surface area contributed by atoms with E-state index >= 15 is 0 Å². The number of nitrogens with zero attached hydrogens (tertiary/aromatic N) is 4. The number of anilines is 1. The van der Waals surface area contributed by atoms with Crippen LogP contribution in [0.1, 0.15) is 31.7 Å². The SMILES string of the molecule is CCc1ccccc1N(Cc1nnc(SC)n1-c1ccccc1)C(=O)C(Cl)CC. The summed E-state index contributed by atoms with van der Waals surface area (Å²) >= 11 is 7.89. The minimum atomic E-state index is -0.590. The molecule has 0 aliphatic heterocycles. The number of benzene rings is 2. The molecular weight excluding hydrogens is 404 g/mol. The third kappa shape index (κ3) is 4.65. The Kier molecular flexibility index (Phi) is 7.34.